The summed E-state index contributed by atoms with van der Waals surface area (Å²) in [4.78, 5) is 8.81. The first-order valence-corrected chi connectivity index (χ1v) is 17.4. The molecule has 0 saturated carbocycles. The summed E-state index contributed by atoms with van der Waals surface area (Å²) in [6.07, 6.45) is 0. The molecule has 0 aliphatic carbocycles. The van der Waals surface area contributed by atoms with Crippen LogP contribution in [0.5, 0.6) is 0 Å². The SMILES string of the molecule is [C-]#[N+]c1ccc(-n2c3ccccc3c3c2ccc2c4ccccc4n(-c4ccc(-c5cc(-c6ccccc6)cc(-c6ccccc6)n5)cc4)c23)cc1. The number of benzene rings is 7. The third kappa shape index (κ3) is 4.72. The van der Waals surface area contributed by atoms with Gasteiger partial charge in [0.25, 0.3) is 0 Å². The van der Waals surface area contributed by atoms with Crippen LogP contribution >= 0.6 is 0 Å². The molecule has 4 nitrogen and oxygen atoms in total. The molecule has 3 heterocycles. The zero-order valence-electron chi connectivity index (χ0n) is 28.1. The predicted octanol–water partition coefficient (Wildman–Crippen LogP) is 12.8. The molecule has 0 spiro atoms. The summed E-state index contributed by atoms with van der Waals surface area (Å²) in [7, 11) is 0. The lowest BCUT2D eigenvalue weighted by Gasteiger charge is -2.12. The Morgan fingerprint density at radius 3 is 1.62 bits per heavy atom. The first-order valence-electron chi connectivity index (χ1n) is 17.4. The van der Waals surface area contributed by atoms with Crippen LogP contribution in [0, 0.1) is 6.57 Å². The van der Waals surface area contributed by atoms with E-state index in [4.69, 9.17) is 11.6 Å². The summed E-state index contributed by atoms with van der Waals surface area (Å²) in [6, 6.07) is 63.8. The number of rotatable bonds is 5. The molecule has 0 N–H and O–H groups in total. The number of hydrogen-bond acceptors (Lipinski definition) is 1. The van der Waals surface area contributed by atoms with Crippen molar-refractivity contribution in [3.05, 3.63) is 193 Å². The lowest BCUT2D eigenvalue weighted by Crippen LogP contribution is -1.96. The average Bonchev–Trinajstić information content (AvgIpc) is 3.74. The molecule has 0 amide bonds. The molecule has 0 aliphatic heterocycles. The van der Waals surface area contributed by atoms with Crippen molar-refractivity contribution in [2.45, 2.75) is 0 Å². The third-order valence-electron chi connectivity index (χ3n) is 10.1. The minimum absolute atomic E-state index is 0.633. The lowest BCUT2D eigenvalue weighted by molar-refractivity contribution is 1.17. The molecule has 242 valence electrons. The van der Waals surface area contributed by atoms with Gasteiger partial charge in [-0.1, -0.05) is 127 Å². The molecule has 0 atom stereocenters. The molecular weight excluding hydrogens is 633 g/mol. The lowest BCUT2D eigenvalue weighted by atomic mass is 10.00. The third-order valence-corrected chi connectivity index (χ3v) is 10.1. The van der Waals surface area contributed by atoms with E-state index in [0.29, 0.717) is 5.69 Å². The highest BCUT2D eigenvalue weighted by atomic mass is 15.0. The second-order valence-corrected chi connectivity index (χ2v) is 13.1. The Bertz CT molecular complexity index is 2920. The number of pyridine rings is 1. The quantitative estimate of drug-likeness (QED) is 0.169. The van der Waals surface area contributed by atoms with Gasteiger partial charge in [0, 0.05) is 44.0 Å². The van der Waals surface area contributed by atoms with Crippen LogP contribution in [0.25, 0.3) is 93.5 Å². The van der Waals surface area contributed by atoms with Crippen molar-refractivity contribution >= 4 is 49.3 Å². The van der Waals surface area contributed by atoms with E-state index >= 15 is 0 Å². The van der Waals surface area contributed by atoms with E-state index in [1.54, 1.807) is 0 Å². The zero-order chi connectivity index (χ0) is 34.6. The summed E-state index contributed by atoms with van der Waals surface area (Å²) in [6.45, 7) is 7.46. The van der Waals surface area contributed by atoms with Crippen LogP contribution in [-0.2, 0) is 0 Å². The number of aromatic nitrogens is 3. The molecule has 10 aromatic rings. The van der Waals surface area contributed by atoms with Crippen molar-refractivity contribution < 1.29 is 0 Å². The summed E-state index contributed by atoms with van der Waals surface area (Å²) >= 11 is 0. The van der Waals surface area contributed by atoms with E-state index in [9.17, 15) is 0 Å². The van der Waals surface area contributed by atoms with Gasteiger partial charge in [-0.15, -0.1) is 0 Å². The summed E-state index contributed by atoms with van der Waals surface area (Å²) < 4.78 is 4.73. The summed E-state index contributed by atoms with van der Waals surface area (Å²) in [5.74, 6) is 0. The monoisotopic (exact) mass is 662 g/mol. The van der Waals surface area contributed by atoms with E-state index < -0.39 is 0 Å². The van der Waals surface area contributed by atoms with Gasteiger partial charge in [-0.05, 0) is 65.7 Å². The van der Waals surface area contributed by atoms with E-state index in [1.165, 1.54) is 27.1 Å². The fourth-order valence-electron chi connectivity index (χ4n) is 7.74. The number of fused-ring (bicyclic) bond motifs is 7. The van der Waals surface area contributed by atoms with Gasteiger partial charge in [0.05, 0.1) is 40.0 Å². The molecule has 7 aromatic carbocycles. The van der Waals surface area contributed by atoms with Crippen molar-refractivity contribution in [2.24, 2.45) is 0 Å². The van der Waals surface area contributed by atoms with Crippen LogP contribution in [-0.4, -0.2) is 14.1 Å². The van der Waals surface area contributed by atoms with Gasteiger partial charge < -0.3 is 9.13 Å². The van der Waals surface area contributed by atoms with Crippen LogP contribution in [0.2, 0.25) is 0 Å². The Hall–Kier alpha value is -7.22. The Kier molecular flexibility index (Phi) is 6.84. The molecule has 0 unspecified atom stereocenters. The van der Waals surface area contributed by atoms with E-state index in [-0.39, 0.29) is 0 Å². The Balaban J connectivity index is 1.19. The molecule has 52 heavy (non-hydrogen) atoms. The first-order chi connectivity index (χ1) is 25.7. The zero-order valence-corrected chi connectivity index (χ0v) is 28.1. The molecule has 4 heteroatoms. The number of para-hydroxylation sites is 2. The van der Waals surface area contributed by atoms with Crippen molar-refractivity contribution in [1.82, 2.24) is 14.1 Å². The second kappa shape index (κ2) is 12.0. The molecular formula is C48H30N4. The minimum atomic E-state index is 0.633. The Morgan fingerprint density at radius 2 is 0.942 bits per heavy atom. The summed E-state index contributed by atoms with van der Waals surface area (Å²) in [5, 5.41) is 4.82. The highest BCUT2D eigenvalue weighted by molar-refractivity contribution is 6.26. The van der Waals surface area contributed by atoms with Crippen molar-refractivity contribution in [3.63, 3.8) is 0 Å². The Labute approximate surface area is 300 Å². The highest BCUT2D eigenvalue weighted by Gasteiger charge is 2.21. The van der Waals surface area contributed by atoms with Gasteiger partial charge in [-0.3, -0.25) is 0 Å². The smallest absolute Gasteiger partial charge is 0.187 e. The molecule has 10 rings (SSSR count). The van der Waals surface area contributed by atoms with Crippen LogP contribution in [0.15, 0.2) is 182 Å². The van der Waals surface area contributed by atoms with Gasteiger partial charge >= 0.3 is 0 Å². The van der Waals surface area contributed by atoms with Gasteiger partial charge in [-0.2, -0.15) is 0 Å². The molecule has 0 bridgehead atoms. The predicted molar refractivity (Wildman–Crippen MR) is 215 cm³/mol. The number of hydrogen-bond donors (Lipinski definition) is 0. The fraction of sp³-hybridized carbons (Fsp3) is 0. The maximum absolute atomic E-state index is 7.46. The maximum atomic E-state index is 7.46. The fourth-order valence-corrected chi connectivity index (χ4v) is 7.74. The van der Waals surface area contributed by atoms with E-state index in [0.717, 1.165) is 61.6 Å². The molecule has 3 aromatic heterocycles. The average molecular weight is 663 g/mol. The summed E-state index contributed by atoms with van der Waals surface area (Å²) in [5.41, 5.74) is 13.7. The van der Waals surface area contributed by atoms with Gasteiger partial charge in [0.1, 0.15) is 0 Å². The van der Waals surface area contributed by atoms with E-state index in [1.807, 2.05) is 30.3 Å². The van der Waals surface area contributed by atoms with Gasteiger partial charge in [0.2, 0.25) is 0 Å². The van der Waals surface area contributed by atoms with Gasteiger partial charge in [0.15, 0.2) is 5.69 Å². The largest absolute Gasteiger partial charge is 0.309 e. The van der Waals surface area contributed by atoms with Gasteiger partial charge in [-0.25, -0.2) is 9.83 Å². The van der Waals surface area contributed by atoms with Crippen LogP contribution in [0.3, 0.4) is 0 Å². The Morgan fingerprint density at radius 1 is 0.404 bits per heavy atom. The topological polar surface area (TPSA) is 27.1 Å². The van der Waals surface area contributed by atoms with Crippen LogP contribution < -0.4 is 0 Å². The molecule has 0 saturated heterocycles. The van der Waals surface area contributed by atoms with Crippen LogP contribution in [0.1, 0.15) is 0 Å². The molecule has 0 fully saturated rings. The van der Waals surface area contributed by atoms with Crippen LogP contribution in [0.4, 0.5) is 5.69 Å². The molecule has 0 radical (unpaired) electrons. The number of nitrogens with zero attached hydrogens (tertiary/aromatic N) is 4. The van der Waals surface area contributed by atoms with Crippen molar-refractivity contribution in [3.8, 4) is 45.0 Å². The first kappa shape index (κ1) is 29.7. The molecule has 0 aliphatic rings. The normalized spacial score (nSPS) is 11.4. The van der Waals surface area contributed by atoms with Crippen molar-refractivity contribution in [1.29, 1.82) is 0 Å². The van der Waals surface area contributed by atoms with Crippen molar-refractivity contribution in [2.75, 3.05) is 0 Å². The second-order valence-electron chi connectivity index (χ2n) is 13.1. The maximum Gasteiger partial charge on any atom is 0.187 e. The van der Waals surface area contributed by atoms with E-state index in [2.05, 4.69) is 166 Å². The minimum Gasteiger partial charge on any atom is -0.309 e. The standard InChI is InChI=1S/C48H30N4/c1-49-36-22-26-37(27-23-36)51-45-19-11-9-17-41(45)47-46(51)29-28-40-39-16-8-10-18-44(39)52(48(40)47)38-24-20-34(21-25-38)43-31-35(32-12-4-2-5-13-32)30-42(50-43)33-14-6-3-7-15-33/h2-31H. The highest BCUT2D eigenvalue weighted by Crippen LogP contribution is 2.42.